The maximum Gasteiger partial charge on any atom is 0.272 e. The van der Waals surface area contributed by atoms with Crippen LogP contribution in [0.15, 0.2) is 6.07 Å². The van der Waals surface area contributed by atoms with Gasteiger partial charge in [0.15, 0.2) is 0 Å². The van der Waals surface area contributed by atoms with Gasteiger partial charge >= 0.3 is 0 Å². The van der Waals surface area contributed by atoms with Gasteiger partial charge in [-0.2, -0.15) is 5.10 Å². The Morgan fingerprint density at radius 1 is 1.58 bits per heavy atom. The van der Waals surface area contributed by atoms with Gasteiger partial charge < -0.3 is 10.6 Å². The summed E-state index contributed by atoms with van der Waals surface area (Å²) < 4.78 is 1.69. The number of aryl methyl sites for hydroxylation is 2. The summed E-state index contributed by atoms with van der Waals surface area (Å²) in [5, 5.41) is 4.34. The molecule has 2 N–H and O–H groups in total. The van der Waals surface area contributed by atoms with Crippen LogP contribution in [-0.2, 0) is 13.5 Å². The van der Waals surface area contributed by atoms with Crippen LogP contribution in [0.5, 0.6) is 0 Å². The topological polar surface area (TPSA) is 64.2 Å². The monoisotopic (exact) mass is 264 g/mol. The zero-order valence-corrected chi connectivity index (χ0v) is 12.1. The number of aromatic nitrogens is 2. The van der Waals surface area contributed by atoms with Gasteiger partial charge in [0.05, 0.1) is 5.69 Å². The minimum absolute atomic E-state index is 0.0834. The molecule has 1 fully saturated rings. The van der Waals surface area contributed by atoms with Crippen molar-refractivity contribution >= 4 is 5.91 Å². The van der Waals surface area contributed by atoms with E-state index in [1.165, 1.54) is 0 Å². The third-order valence-electron chi connectivity index (χ3n) is 4.22. The van der Waals surface area contributed by atoms with Crippen molar-refractivity contribution in [3.05, 3.63) is 17.5 Å². The molecule has 2 atom stereocenters. The molecule has 19 heavy (non-hydrogen) atoms. The van der Waals surface area contributed by atoms with E-state index in [9.17, 15) is 4.79 Å². The summed E-state index contributed by atoms with van der Waals surface area (Å²) in [6.07, 6.45) is 1.88. The van der Waals surface area contributed by atoms with Crippen LogP contribution < -0.4 is 5.73 Å². The standard InChI is InChI=1S/C14H24N4O/c1-4-12-7-13(17(3)16-12)14(19)18-6-5-10(2)11(8-15)9-18/h7,10-11H,4-6,8-9,15H2,1-3H3. The van der Waals surface area contributed by atoms with Gasteiger partial charge in [-0.15, -0.1) is 0 Å². The third-order valence-corrected chi connectivity index (χ3v) is 4.22. The highest BCUT2D eigenvalue weighted by Gasteiger charge is 2.29. The summed E-state index contributed by atoms with van der Waals surface area (Å²) in [5.41, 5.74) is 7.44. The van der Waals surface area contributed by atoms with Gasteiger partial charge in [0.1, 0.15) is 5.69 Å². The molecule has 5 nitrogen and oxygen atoms in total. The van der Waals surface area contributed by atoms with E-state index < -0.39 is 0 Å². The molecule has 2 unspecified atom stereocenters. The maximum absolute atomic E-state index is 12.5. The second kappa shape index (κ2) is 5.74. The summed E-state index contributed by atoms with van der Waals surface area (Å²) in [6, 6.07) is 1.90. The second-order valence-electron chi connectivity index (χ2n) is 5.51. The lowest BCUT2D eigenvalue weighted by Gasteiger charge is -2.36. The predicted octanol–water partition coefficient (Wildman–Crippen LogP) is 1.04. The summed E-state index contributed by atoms with van der Waals surface area (Å²) in [7, 11) is 1.83. The molecule has 1 aromatic heterocycles. The van der Waals surface area contributed by atoms with Crippen molar-refractivity contribution in [2.45, 2.75) is 26.7 Å². The van der Waals surface area contributed by atoms with Crippen LogP contribution in [0, 0.1) is 11.8 Å². The number of rotatable bonds is 3. The van der Waals surface area contributed by atoms with Gasteiger partial charge in [-0.3, -0.25) is 9.48 Å². The molecule has 0 aliphatic carbocycles. The Balaban J connectivity index is 2.13. The van der Waals surface area contributed by atoms with Crippen LogP contribution in [0.2, 0.25) is 0 Å². The quantitative estimate of drug-likeness (QED) is 0.887. The fourth-order valence-corrected chi connectivity index (χ4v) is 2.70. The Hall–Kier alpha value is -1.36. The van der Waals surface area contributed by atoms with E-state index in [4.69, 9.17) is 5.73 Å². The lowest BCUT2D eigenvalue weighted by molar-refractivity contribution is 0.0607. The van der Waals surface area contributed by atoms with E-state index in [1.54, 1.807) is 4.68 Å². The molecular weight excluding hydrogens is 240 g/mol. The molecule has 0 bridgehead atoms. The number of likely N-dealkylation sites (tertiary alicyclic amines) is 1. The Bertz CT molecular complexity index is 454. The molecule has 1 amide bonds. The van der Waals surface area contributed by atoms with Gasteiger partial charge in [0.25, 0.3) is 5.91 Å². The van der Waals surface area contributed by atoms with Crippen molar-refractivity contribution in [3.63, 3.8) is 0 Å². The number of nitrogens with two attached hydrogens (primary N) is 1. The van der Waals surface area contributed by atoms with E-state index >= 15 is 0 Å². The van der Waals surface area contributed by atoms with Crippen molar-refractivity contribution < 1.29 is 4.79 Å². The van der Waals surface area contributed by atoms with Gasteiger partial charge in [0, 0.05) is 20.1 Å². The molecule has 1 aliphatic heterocycles. The van der Waals surface area contributed by atoms with E-state index in [-0.39, 0.29) is 5.91 Å². The third kappa shape index (κ3) is 2.81. The smallest absolute Gasteiger partial charge is 0.272 e. The number of amides is 1. The molecule has 0 saturated carbocycles. The van der Waals surface area contributed by atoms with Crippen molar-refractivity contribution in [2.24, 2.45) is 24.6 Å². The average molecular weight is 264 g/mol. The van der Waals surface area contributed by atoms with Crippen molar-refractivity contribution in [1.29, 1.82) is 0 Å². The number of nitrogens with zero attached hydrogens (tertiary/aromatic N) is 3. The highest BCUT2D eigenvalue weighted by atomic mass is 16.2. The van der Waals surface area contributed by atoms with Crippen LogP contribution in [0.3, 0.4) is 0 Å². The van der Waals surface area contributed by atoms with E-state index in [2.05, 4.69) is 12.0 Å². The summed E-state index contributed by atoms with van der Waals surface area (Å²) in [5.74, 6) is 1.10. The van der Waals surface area contributed by atoms with Crippen LogP contribution in [0.4, 0.5) is 0 Å². The molecule has 0 aromatic carbocycles. The predicted molar refractivity (Wildman–Crippen MR) is 74.8 cm³/mol. The summed E-state index contributed by atoms with van der Waals surface area (Å²) in [4.78, 5) is 14.5. The molecule has 1 aromatic rings. The molecule has 2 heterocycles. The first-order valence-corrected chi connectivity index (χ1v) is 7.09. The zero-order chi connectivity index (χ0) is 14.0. The summed E-state index contributed by atoms with van der Waals surface area (Å²) in [6.45, 7) is 6.51. The molecule has 106 valence electrons. The number of hydrogen-bond acceptors (Lipinski definition) is 3. The van der Waals surface area contributed by atoms with Crippen molar-refractivity contribution in [2.75, 3.05) is 19.6 Å². The van der Waals surface area contributed by atoms with Gasteiger partial charge in [-0.1, -0.05) is 13.8 Å². The fraction of sp³-hybridized carbons (Fsp3) is 0.714. The van der Waals surface area contributed by atoms with Crippen LogP contribution in [-0.4, -0.2) is 40.2 Å². The molecule has 1 saturated heterocycles. The highest BCUT2D eigenvalue weighted by Crippen LogP contribution is 2.23. The number of carbonyl (C=O) groups is 1. The van der Waals surface area contributed by atoms with Crippen LogP contribution in [0.1, 0.15) is 36.5 Å². The average Bonchev–Trinajstić information content (AvgIpc) is 2.80. The SMILES string of the molecule is CCc1cc(C(=O)N2CCC(C)C(CN)C2)n(C)n1. The van der Waals surface area contributed by atoms with E-state index in [0.29, 0.717) is 24.1 Å². The zero-order valence-electron chi connectivity index (χ0n) is 12.1. The van der Waals surface area contributed by atoms with Crippen molar-refractivity contribution in [1.82, 2.24) is 14.7 Å². The minimum atomic E-state index is 0.0834. The maximum atomic E-state index is 12.5. The highest BCUT2D eigenvalue weighted by molar-refractivity contribution is 5.92. The normalized spacial score (nSPS) is 23.7. The number of piperidine rings is 1. The fourth-order valence-electron chi connectivity index (χ4n) is 2.70. The number of carbonyl (C=O) groups excluding carboxylic acids is 1. The van der Waals surface area contributed by atoms with E-state index in [1.807, 2.05) is 24.9 Å². The van der Waals surface area contributed by atoms with Crippen LogP contribution in [0.25, 0.3) is 0 Å². The number of hydrogen-bond donors (Lipinski definition) is 1. The van der Waals surface area contributed by atoms with E-state index in [0.717, 1.165) is 31.6 Å². The first-order chi connectivity index (χ1) is 9.06. The Morgan fingerprint density at radius 2 is 2.32 bits per heavy atom. The summed E-state index contributed by atoms with van der Waals surface area (Å²) >= 11 is 0. The molecular formula is C14H24N4O. The van der Waals surface area contributed by atoms with Gasteiger partial charge in [-0.05, 0) is 37.3 Å². The van der Waals surface area contributed by atoms with Crippen molar-refractivity contribution in [3.8, 4) is 0 Å². The largest absolute Gasteiger partial charge is 0.337 e. The second-order valence-corrected chi connectivity index (χ2v) is 5.51. The lowest BCUT2D eigenvalue weighted by Crippen LogP contribution is -2.45. The molecule has 5 heteroatoms. The Labute approximate surface area is 114 Å². The lowest BCUT2D eigenvalue weighted by atomic mass is 9.87. The molecule has 0 spiro atoms. The Morgan fingerprint density at radius 3 is 2.89 bits per heavy atom. The molecule has 1 aliphatic rings. The first kappa shape index (κ1) is 14.1. The Kier molecular flexibility index (Phi) is 4.24. The first-order valence-electron chi connectivity index (χ1n) is 7.09. The van der Waals surface area contributed by atoms with Crippen LogP contribution >= 0.6 is 0 Å². The molecule has 0 radical (unpaired) electrons. The van der Waals surface area contributed by atoms with Gasteiger partial charge in [-0.25, -0.2) is 0 Å². The minimum Gasteiger partial charge on any atom is -0.337 e. The molecule has 2 rings (SSSR count). The van der Waals surface area contributed by atoms with Gasteiger partial charge in [0.2, 0.25) is 0 Å².